The first kappa shape index (κ1) is 13.9. The van der Waals surface area contributed by atoms with E-state index >= 15 is 0 Å². The summed E-state index contributed by atoms with van der Waals surface area (Å²) >= 11 is 0. The zero-order valence-corrected chi connectivity index (χ0v) is 10.9. The van der Waals surface area contributed by atoms with Crippen LogP contribution in [0.5, 0.6) is 0 Å². The number of nitrogens with two attached hydrogens (primary N) is 1. The second-order valence-electron chi connectivity index (χ2n) is 4.35. The number of nitrogens with zero attached hydrogens (tertiary/aromatic N) is 2. The van der Waals surface area contributed by atoms with Crippen LogP contribution in [0.2, 0.25) is 0 Å². The van der Waals surface area contributed by atoms with Gasteiger partial charge in [0, 0.05) is 19.6 Å². The third kappa shape index (κ3) is 4.78. The van der Waals surface area contributed by atoms with Crippen molar-refractivity contribution in [1.82, 2.24) is 9.21 Å². The van der Waals surface area contributed by atoms with Crippen LogP contribution in [0.15, 0.2) is 0 Å². The van der Waals surface area contributed by atoms with Crippen molar-refractivity contribution in [2.24, 2.45) is 5.73 Å². The van der Waals surface area contributed by atoms with E-state index < -0.39 is 10.0 Å². The third-order valence-corrected chi connectivity index (χ3v) is 4.25. The summed E-state index contributed by atoms with van der Waals surface area (Å²) in [4.78, 5) is 2.33. The Morgan fingerprint density at radius 2 is 1.88 bits per heavy atom. The molecule has 0 aromatic carbocycles. The minimum absolute atomic E-state index is 0.626. The summed E-state index contributed by atoms with van der Waals surface area (Å²) in [5.41, 5.74) is 5.45. The highest BCUT2D eigenvalue weighted by Crippen LogP contribution is 2.07. The van der Waals surface area contributed by atoms with Gasteiger partial charge in [0.25, 0.3) is 0 Å². The fourth-order valence-corrected chi connectivity index (χ4v) is 2.86. The van der Waals surface area contributed by atoms with Gasteiger partial charge in [0.2, 0.25) is 10.0 Å². The molecule has 1 aliphatic rings. The van der Waals surface area contributed by atoms with Crippen molar-refractivity contribution in [3.8, 4) is 0 Å². The van der Waals surface area contributed by atoms with Crippen LogP contribution in [-0.4, -0.2) is 63.1 Å². The van der Waals surface area contributed by atoms with E-state index in [-0.39, 0.29) is 0 Å². The second-order valence-corrected chi connectivity index (χ2v) is 6.34. The maximum absolute atomic E-state index is 11.4. The molecular weight excluding hydrogens is 226 g/mol. The molecule has 0 unspecified atom stereocenters. The largest absolute Gasteiger partial charge is 0.330 e. The molecule has 0 radical (unpaired) electrons. The summed E-state index contributed by atoms with van der Waals surface area (Å²) in [6.07, 6.45) is 4.37. The number of sulfonamides is 1. The highest BCUT2D eigenvalue weighted by molar-refractivity contribution is 7.88. The van der Waals surface area contributed by atoms with E-state index in [0.717, 1.165) is 45.4 Å². The Labute approximate surface area is 98.6 Å². The zero-order valence-electron chi connectivity index (χ0n) is 10.1. The van der Waals surface area contributed by atoms with Crippen LogP contribution in [0.3, 0.4) is 0 Å². The minimum atomic E-state index is -3.01. The molecule has 0 aliphatic carbocycles. The van der Waals surface area contributed by atoms with Gasteiger partial charge in [0.1, 0.15) is 0 Å². The van der Waals surface area contributed by atoms with Gasteiger partial charge in [-0.15, -0.1) is 0 Å². The molecule has 6 heteroatoms. The van der Waals surface area contributed by atoms with E-state index in [1.165, 1.54) is 6.26 Å². The number of hydrogen-bond donors (Lipinski definition) is 1. The Bertz CT molecular complexity index is 292. The first-order valence-corrected chi connectivity index (χ1v) is 7.76. The van der Waals surface area contributed by atoms with Crippen LogP contribution in [0.4, 0.5) is 0 Å². The van der Waals surface area contributed by atoms with Gasteiger partial charge in [-0.1, -0.05) is 0 Å². The van der Waals surface area contributed by atoms with Gasteiger partial charge in [-0.05, 0) is 38.9 Å². The van der Waals surface area contributed by atoms with E-state index in [2.05, 4.69) is 4.90 Å². The molecule has 2 N–H and O–H groups in total. The molecule has 1 heterocycles. The highest BCUT2D eigenvalue weighted by Gasteiger charge is 2.20. The maximum atomic E-state index is 11.4. The van der Waals surface area contributed by atoms with Gasteiger partial charge in [0.15, 0.2) is 0 Å². The zero-order chi connectivity index (χ0) is 12.0. The molecule has 0 saturated carbocycles. The van der Waals surface area contributed by atoms with Crippen LogP contribution >= 0.6 is 0 Å². The van der Waals surface area contributed by atoms with Crippen molar-refractivity contribution in [3.05, 3.63) is 0 Å². The molecule has 96 valence electrons. The lowest BCUT2D eigenvalue weighted by atomic mass is 10.3. The summed E-state index contributed by atoms with van der Waals surface area (Å²) in [5, 5.41) is 0. The monoisotopic (exact) mass is 249 g/mol. The first-order chi connectivity index (χ1) is 7.54. The van der Waals surface area contributed by atoms with Gasteiger partial charge in [-0.3, -0.25) is 0 Å². The van der Waals surface area contributed by atoms with Crippen LogP contribution in [0.1, 0.15) is 19.3 Å². The molecule has 0 spiro atoms. The van der Waals surface area contributed by atoms with Crippen LogP contribution in [0.25, 0.3) is 0 Å². The van der Waals surface area contributed by atoms with Crippen LogP contribution in [-0.2, 0) is 10.0 Å². The molecule has 1 aliphatic heterocycles. The van der Waals surface area contributed by atoms with Gasteiger partial charge < -0.3 is 10.6 Å². The lowest BCUT2D eigenvalue weighted by molar-refractivity contribution is 0.281. The quantitative estimate of drug-likeness (QED) is 0.679. The molecule has 16 heavy (non-hydrogen) atoms. The summed E-state index contributed by atoms with van der Waals surface area (Å²) in [5.74, 6) is 0. The third-order valence-electron chi connectivity index (χ3n) is 2.94. The smallest absolute Gasteiger partial charge is 0.211 e. The maximum Gasteiger partial charge on any atom is 0.211 e. The molecule has 1 saturated heterocycles. The Balaban J connectivity index is 2.35. The molecule has 0 aromatic rings. The van der Waals surface area contributed by atoms with Crippen molar-refractivity contribution in [1.29, 1.82) is 0 Å². The van der Waals surface area contributed by atoms with Crippen LogP contribution in [0, 0.1) is 0 Å². The van der Waals surface area contributed by atoms with E-state index in [9.17, 15) is 8.42 Å². The van der Waals surface area contributed by atoms with Crippen LogP contribution < -0.4 is 5.73 Å². The van der Waals surface area contributed by atoms with E-state index in [1.54, 1.807) is 4.31 Å². The number of hydrogen-bond acceptors (Lipinski definition) is 4. The highest BCUT2D eigenvalue weighted by atomic mass is 32.2. The molecule has 0 aromatic heterocycles. The van der Waals surface area contributed by atoms with Crippen molar-refractivity contribution in [2.75, 3.05) is 45.5 Å². The second kappa shape index (κ2) is 6.54. The van der Waals surface area contributed by atoms with Crippen molar-refractivity contribution in [2.45, 2.75) is 19.3 Å². The molecule has 0 atom stereocenters. The summed E-state index contributed by atoms with van der Waals surface area (Å²) < 4.78 is 24.4. The van der Waals surface area contributed by atoms with Gasteiger partial charge in [-0.2, -0.15) is 0 Å². The Morgan fingerprint density at radius 3 is 2.50 bits per heavy atom. The predicted molar refractivity (Wildman–Crippen MR) is 65.8 cm³/mol. The Hall–Kier alpha value is -0.170. The van der Waals surface area contributed by atoms with Crippen molar-refractivity contribution >= 4 is 10.0 Å². The molecule has 1 rings (SSSR count). The first-order valence-electron chi connectivity index (χ1n) is 5.91. The Kier molecular flexibility index (Phi) is 5.68. The topological polar surface area (TPSA) is 66.6 Å². The molecule has 1 fully saturated rings. The fraction of sp³-hybridized carbons (Fsp3) is 1.00. The van der Waals surface area contributed by atoms with Crippen molar-refractivity contribution in [3.63, 3.8) is 0 Å². The predicted octanol–water partition coefficient (Wildman–Crippen LogP) is -0.307. The standard InChI is InChI=1S/C10H23N3O2S/c1-16(14,15)13-8-4-7-12(9-10-13)6-3-2-5-11/h2-11H2,1H3. The van der Waals surface area contributed by atoms with Gasteiger partial charge in [-0.25, -0.2) is 12.7 Å². The average Bonchev–Trinajstić information content (AvgIpc) is 2.43. The normalized spacial score (nSPS) is 20.9. The minimum Gasteiger partial charge on any atom is -0.330 e. The van der Waals surface area contributed by atoms with Gasteiger partial charge in [0.05, 0.1) is 6.26 Å². The SMILES string of the molecule is CS(=O)(=O)N1CCCN(CCCCN)CC1. The van der Waals surface area contributed by atoms with E-state index in [4.69, 9.17) is 5.73 Å². The number of rotatable bonds is 5. The lowest BCUT2D eigenvalue weighted by Gasteiger charge is -2.20. The molecular formula is C10H23N3O2S. The van der Waals surface area contributed by atoms with E-state index in [1.807, 2.05) is 0 Å². The van der Waals surface area contributed by atoms with Gasteiger partial charge >= 0.3 is 0 Å². The Morgan fingerprint density at radius 1 is 1.12 bits per heavy atom. The van der Waals surface area contributed by atoms with E-state index in [0.29, 0.717) is 13.1 Å². The average molecular weight is 249 g/mol. The lowest BCUT2D eigenvalue weighted by Crippen LogP contribution is -2.34. The summed E-state index contributed by atoms with van der Waals surface area (Å²) in [7, 11) is -3.01. The van der Waals surface area contributed by atoms with Crippen molar-refractivity contribution < 1.29 is 8.42 Å². The molecule has 5 nitrogen and oxygen atoms in total. The molecule has 0 bridgehead atoms. The summed E-state index contributed by atoms with van der Waals surface area (Å²) in [6, 6.07) is 0. The molecule has 0 amide bonds. The summed E-state index contributed by atoms with van der Waals surface area (Å²) in [6.45, 7) is 4.90. The number of unbranched alkanes of at least 4 members (excludes halogenated alkanes) is 1. The fourth-order valence-electron chi connectivity index (χ4n) is 1.98.